The molecule has 1 unspecified atom stereocenters. The number of anilines is 1. The number of benzene rings is 2. The molecular formula is C19H14Cl2F3N3S. The van der Waals surface area contributed by atoms with Crippen molar-refractivity contribution in [1.29, 1.82) is 0 Å². The van der Waals surface area contributed by atoms with Crippen LogP contribution in [0.3, 0.4) is 0 Å². The van der Waals surface area contributed by atoms with Crippen LogP contribution in [0.5, 0.6) is 0 Å². The van der Waals surface area contributed by atoms with Crippen LogP contribution in [0, 0.1) is 0 Å². The molecule has 1 aromatic heterocycles. The molecule has 3 nitrogen and oxygen atoms in total. The average molecular weight is 444 g/mol. The van der Waals surface area contributed by atoms with E-state index >= 15 is 0 Å². The van der Waals surface area contributed by atoms with Gasteiger partial charge in [0.25, 0.3) is 0 Å². The van der Waals surface area contributed by atoms with Gasteiger partial charge in [-0.05, 0) is 48.5 Å². The van der Waals surface area contributed by atoms with E-state index in [0.29, 0.717) is 33.2 Å². The summed E-state index contributed by atoms with van der Waals surface area (Å²) < 4.78 is 42.1. The van der Waals surface area contributed by atoms with Crippen LogP contribution in [0.2, 0.25) is 10.0 Å². The predicted molar refractivity (Wildman–Crippen MR) is 110 cm³/mol. The van der Waals surface area contributed by atoms with Crippen molar-refractivity contribution < 1.29 is 13.2 Å². The molecule has 0 fully saturated rings. The third-order valence-electron chi connectivity index (χ3n) is 4.72. The maximum Gasteiger partial charge on any atom is 0.414 e. The Morgan fingerprint density at radius 2 is 1.82 bits per heavy atom. The summed E-state index contributed by atoms with van der Waals surface area (Å²) in [5.41, 5.74) is 1.94. The predicted octanol–water partition coefficient (Wildman–Crippen LogP) is 6.33. The zero-order valence-electron chi connectivity index (χ0n) is 14.3. The first kappa shape index (κ1) is 19.4. The summed E-state index contributed by atoms with van der Waals surface area (Å²) in [4.78, 5) is 4.10. The zero-order valence-corrected chi connectivity index (χ0v) is 16.6. The Kier molecular flexibility index (Phi) is 4.93. The van der Waals surface area contributed by atoms with E-state index in [-0.39, 0.29) is 17.4 Å². The molecule has 3 aromatic rings. The summed E-state index contributed by atoms with van der Waals surface area (Å²) in [5.74, 6) is 0. The van der Waals surface area contributed by atoms with Gasteiger partial charge in [-0.3, -0.25) is 0 Å². The van der Waals surface area contributed by atoms with Gasteiger partial charge in [-0.1, -0.05) is 41.4 Å². The molecule has 0 spiro atoms. The van der Waals surface area contributed by atoms with Crippen LogP contribution >= 0.6 is 35.4 Å². The Morgan fingerprint density at radius 3 is 2.50 bits per heavy atom. The van der Waals surface area contributed by atoms with Gasteiger partial charge in [0, 0.05) is 33.2 Å². The van der Waals surface area contributed by atoms with E-state index in [9.17, 15) is 13.2 Å². The van der Waals surface area contributed by atoms with Gasteiger partial charge in [-0.25, -0.2) is 0 Å². The standard InChI is InChI=1S/C19H14Cl2F3N3S/c20-10-7-11(21)9-12(8-10)25-18(28)27-6-5-14-13-3-1-2-4-15(13)26-16(14)17(27)19(22,23)24/h1-4,7-9,17,26H,5-6H2,(H,25,28). The maximum atomic E-state index is 14.0. The Bertz CT molecular complexity index is 1040. The lowest BCUT2D eigenvalue weighted by Crippen LogP contribution is -2.48. The first-order valence-electron chi connectivity index (χ1n) is 8.44. The maximum absolute atomic E-state index is 14.0. The number of H-pyrrole nitrogens is 1. The van der Waals surface area contributed by atoms with E-state index in [1.165, 1.54) is 6.07 Å². The van der Waals surface area contributed by atoms with E-state index in [1.807, 2.05) is 12.1 Å². The number of para-hydroxylation sites is 1. The lowest BCUT2D eigenvalue weighted by Gasteiger charge is -2.38. The van der Waals surface area contributed by atoms with Crippen LogP contribution in [0.25, 0.3) is 10.9 Å². The Morgan fingerprint density at radius 1 is 1.14 bits per heavy atom. The number of aromatic amines is 1. The highest BCUT2D eigenvalue weighted by molar-refractivity contribution is 7.80. The molecule has 0 radical (unpaired) electrons. The Balaban J connectivity index is 1.71. The fourth-order valence-electron chi connectivity index (χ4n) is 3.62. The van der Waals surface area contributed by atoms with E-state index in [1.54, 1.807) is 24.3 Å². The number of hydrogen-bond acceptors (Lipinski definition) is 1. The number of rotatable bonds is 1. The van der Waals surface area contributed by atoms with Gasteiger partial charge in [0.15, 0.2) is 11.2 Å². The first-order valence-corrected chi connectivity index (χ1v) is 9.60. The highest BCUT2D eigenvalue weighted by atomic mass is 35.5. The van der Waals surface area contributed by atoms with Gasteiger partial charge in [0.1, 0.15) is 0 Å². The van der Waals surface area contributed by atoms with Gasteiger partial charge < -0.3 is 15.2 Å². The van der Waals surface area contributed by atoms with Crippen molar-refractivity contribution in [1.82, 2.24) is 9.88 Å². The smallest absolute Gasteiger partial charge is 0.356 e. The normalized spacial score (nSPS) is 16.9. The number of fused-ring (bicyclic) bond motifs is 3. The molecule has 28 heavy (non-hydrogen) atoms. The number of thiocarbonyl (C=S) groups is 1. The summed E-state index contributed by atoms with van der Waals surface area (Å²) in [6.45, 7) is 0.138. The fraction of sp³-hybridized carbons (Fsp3) is 0.211. The van der Waals surface area contributed by atoms with Crippen molar-refractivity contribution in [3.63, 3.8) is 0 Å². The largest absolute Gasteiger partial charge is 0.414 e. The molecule has 1 aliphatic rings. The molecule has 0 saturated heterocycles. The van der Waals surface area contributed by atoms with E-state index in [4.69, 9.17) is 35.4 Å². The minimum Gasteiger partial charge on any atom is -0.356 e. The molecule has 0 aliphatic carbocycles. The Labute approximate surface area is 174 Å². The number of aromatic nitrogens is 1. The van der Waals surface area contributed by atoms with Gasteiger partial charge >= 0.3 is 6.18 Å². The molecule has 0 amide bonds. The summed E-state index contributed by atoms with van der Waals surface area (Å²) in [6.07, 6.45) is -4.06. The van der Waals surface area contributed by atoms with Gasteiger partial charge in [0.05, 0.1) is 5.69 Å². The molecule has 4 rings (SSSR count). The van der Waals surface area contributed by atoms with Crippen molar-refractivity contribution in [3.05, 3.63) is 63.8 Å². The molecule has 2 heterocycles. The second-order valence-corrected chi connectivity index (χ2v) is 7.80. The van der Waals surface area contributed by atoms with Crippen LogP contribution in [-0.4, -0.2) is 27.7 Å². The zero-order chi connectivity index (χ0) is 20.1. The lowest BCUT2D eigenvalue weighted by molar-refractivity contribution is -0.178. The van der Waals surface area contributed by atoms with Crippen molar-refractivity contribution in [3.8, 4) is 0 Å². The number of hydrogen-bond donors (Lipinski definition) is 2. The minimum atomic E-state index is -4.51. The number of nitrogens with zero attached hydrogens (tertiary/aromatic N) is 1. The van der Waals surface area contributed by atoms with Crippen LogP contribution in [-0.2, 0) is 6.42 Å². The highest BCUT2D eigenvalue weighted by Crippen LogP contribution is 2.44. The minimum absolute atomic E-state index is 0.0371. The molecule has 2 aromatic carbocycles. The van der Waals surface area contributed by atoms with Crippen LogP contribution < -0.4 is 5.32 Å². The topological polar surface area (TPSA) is 31.1 Å². The molecule has 9 heteroatoms. The number of alkyl halides is 3. The summed E-state index contributed by atoms with van der Waals surface area (Å²) >= 11 is 17.2. The second kappa shape index (κ2) is 7.13. The molecule has 146 valence electrons. The van der Waals surface area contributed by atoms with E-state index in [0.717, 1.165) is 10.3 Å². The van der Waals surface area contributed by atoms with Crippen LogP contribution in [0.15, 0.2) is 42.5 Å². The van der Waals surface area contributed by atoms with Crippen molar-refractivity contribution in [2.45, 2.75) is 18.6 Å². The molecule has 2 N–H and O–H groups in total. The number of nitrogens with one attached hydrogen (secondary N) is 2. The third kappa shape index (κ3) is 3.54. The summed E-state index contributed by atoms with van der Waals surface area (Å²) in [5, 5.41) is 4.33. The van der Waals surface area contributed by atoms with Crippen molar-refractivity contribution in [2.75, 3.05) is 11.9 Å². The van der Waals surface area contributed by atoms with Gasteiger partial charge in [0.2, 0.25) is 0 Å². The highest BCUT2D eigenvalue weighted by Gasteiger charge is 2.49. The molecule has 0 saturated carbocycles. The van der Waals surface area contributed by atoms with Crippen molar-refractivity contribution in [2.24, 2.45) is 0 Å². The molecule has 0 bridgehead atoms. The van der Waals surface area contributed by atoms with Gasteiger partial charge in [-0.2, -0.15) is 13.2 Å². The third-order valence-corrected chi connectivity index (χ3v) is 5.49. The van der Waals surface area contributed by atoms with E-state index < -0.39 is 12.2 Å². The summed E-state index contributed by atoms with van der Waals surface area (Å²) in [6, 6.07) is 10.0. The first-order chi connectivity index (χ1) is 13.2. The lowest BCUT2D eigenvalue weighted by atomic mass is 9.97. The molecule has 1 aliphatic heterocycles. The second-order valence-electron chi connectivity index (χ2n) is 6.54. The quantitative estimate of drug-likeness (QED) is 0.430. The van der Waals surface area contributed by atoms with Crippen LogP contribution in [0.4, 0.5) is 18.9 Å². The average Bonchev–Trinajstić information content (AvgIpc) is 2.97. The monoisotopic (exact) mass is 443 g/mol. The van der Waals surface area contributed by atoms with Gasteiger partial charge in [-0.15, -0.1) is 0 Å². The fourth-order valence-corrected chi connectivity index (χ4v) is 4.46. The Hall–Kier alpha value is -1.96. The van der Waals surface area contributed by atoms with Crippen molar-refractivity contribution >= 4 is 57.1 Å². The SMILES string of the molecule is FC(F)(F)C1c2[nH]c3ccccc3c2CCN1C(=S)Nc1cc(Cl)cc(Cl)c1. The molecule has 1 atom stereocenters. The number of halogens is 5. The molecular weight excluding hydrogens is 430 g/mol. The van der Waals surface area contributed by atoms with Crippen LogP contribution in [0.1, 0.15) is 17.3 Å². The summed E-state index contributed by atoms with van der Waals surface area (Å²) in [7, 11) is 0. The van der Waals surface area contributed by atoms with E-state index in [2.05, 4.69) is 10.3 Å².